The van der Waals surface area contributed by atoms with Gasteiger partial charge in [0.15, 0.2) is 0 Å². The van der Waals surface area contributed by atoms with Gasteiger partial charge in [-0.3, -0.25) is 14.6 Å². The molecule has 0 radical (unpaired) electrons. The van der Waals surface area contributed by atoms with Crippen LogP contribution in [0.1, 0.15) is 30.6 Å². The van der Waals surface area contributed by atoms with E-state index in [0.29, 0.717) is 12.1 Å². The first-order valence-electron chi connectivity index (χ1n) is 8.51. The molecule has 0 fully saturated rings. The second-order valence-electron chi connectivity index (χ2n) is 6.48. The molecular formula is C20H24N2O4. The molecule has 1 amide bonds. The second-order valence-corrected chi connectivity index (χ2v) is 6.48. The number of pyridine rings is 1. The molecular weight excluding hydrogens is 332 g/mol. The van der Waals surface area contributed by atoms with Gasteiger partial charge in [-0.05, 0) is 29.7 Å². The highest BCUT2D eigenvalue weighted by Gasteiger charge is 2.19. The number of nitrogens with zero attached hydrogens (tertiary/aromatic N) is 2. The number of ether oxygens (including phenoxy) is 1. The molecule has 6 nitrogen and oxygen atoms in total. The molecule has 1 N–H and O–H groups in total. The van der Waals surface area contributed by atoms with Gasteiger partial charge >= 0.3 is 5.97 Å². The lowest BCUT2D eigenvalue weighted by Crippen LogP contribution is -2.36. The Morgan fingerprint density at radius 1 is 1.15 bits per heavy atom. The Hall–Kier alpha value is -2.89. The summed E-state index contributed by atoms with van der Waals surface area (Å²) in [4.78, 5) is 29.5. The van der Waals surface area contributed by atoms with Crippen LogP contribution in [0.4, 0.5) is 0 Å². The van der Waals surface area contributed by atoms with Crippen molar-refractivity contribution in [3.8, 4) is 16.9 Å². The van der Waals surface area contributed by atoms with Crippen LogP contribution in [0, 0.1) is 5.92 Å². The molecule has 0 saturated carbocycles. The van der Waals surface area contributed by atoms with Crippen LogP contribution in [-0.2, 0) is 4.79 Å². The number of amides is 1. The van der Waals surface area contributed by atoms with Crippen molar-refractivity contribution in [3.63, 3.8) is 0 Å². The zero-order valence-corrected chi connectivity index (χ0v) is 15.3. The van der Waals surface area contributed by atoms with E-state index in [1.807, 2.05) is 38.1 Å². The summed E-state index contributed by atoms with van der Waals surface area (Å²) in [5.41, 5.74) is 2.19. The highest BCUT2D eigenvalue weighted by Crippen LogP contribution is 2.23. The minimum absolute atomic E-state index is 0.0793. The molecule has 0 bridgehead atoms. The standard InChI is InChI=1S/C20H24N2O4/c1-14(2)13-22(9-8-19(23)24)20(25)17-10-16(11-21-12-17)15-4-6-18(26-3)7-5-15/h4-7,10-12,14H,8-9,13H2,1-3H3,(H,23,24). The van der Waals surface area contributed by atoms with E-state index in [2.05, 4.69) is 4.98 Å². The predicted molar refractivity (Wildman–Crippen MR) is 99.2 cm³/mol. The summed E-state index contributed by atoms with van der Waals surface area (Å²) in [6, 6.07) is 9.29. The first kappa shape index (κ1) is 19.4. The maximum atomic E-state index is 12.8. The highest BCUT2D eigenvalue weighted by molar-refractivity contribution is 5.95. The topological polar surface area (TPSA) is 79.7 Å². The largest absolute Gasteiger partial charge is 0.497 e. The lowest BCUT2D eigenvalue weighted by atomic mass is 10.0. The van der Waals surface area contributed by atoms with E-state index in [-0.39, 0.29) is 24.8 Å². The van der Waals surface area contributed by atoms with Gasteiger partial charge in [-0.15, -0.1) is 0 Å². The molecule has 138 valence electrons. The molecule has 2 rings (SSSR count). The smallest absolute Gasteiger partial charge is 0.305 e. The van der Waals surface area contributed by atoms with E-state index in [1.54, 1.807) is 24.3 Å². The number of hydrogen-bond acceptors (Lipinski definition) is 4. The van der Waals surface area contributed by atoms with Crippen molar-refractivity contribution in [1.82, 2.24) is 9.88 Å². The summed E-state index contributed by atoms with van der Waals surface area (Å²) in [7, 11) is 1.61. The summed E-state index contributed by atoms with van der Waals surface area (Å²) in [6.45, 7) is 4.66. The molecule has 0 atom stereocenters. The van der Waals surface area contributed by atoms with Crippen LogP contribution in [0.3, 0.4) is 0 Å². The Morgan fingerprint density at radius 3 is 2.42 bits per heavy atom. The molecule has 2 aromatic rings. The van der Waals surface area contributed by atoms with Crippen molar-refractivity contribution in [2.75, 3.05) is 20.2 Å². The van der Waals surface area contributed by atoms with Gasteiger partial charge < -0.3 is 14.7 Å². The molecule has 0 saturated heterocycles. The minimum Gasteiger partial charge on any atom is -0.497 e. The molecule has 0 aliphatic rings. The molecule has 0 spiro atoms. The number of aromatic nitrogens is 1. The third kappa shape index (κ3) is 5.31. The van der Waals surface area contributed by atoms with Gasteiger partial charge in [-0.25, -0.2) is 0 Å². The average Bonchev–Trinajstić information content (AvgIpc) is 2.64. The number of methoxy groups -OCH3 is 1. The molecule has 0 aliphatic heterocycles. The van der Waals surface area contributed by atoms with Gasteiger partial charge in [0.2, 0.25) is 0 Å². The van der Waals surface area contributed by atoms with Crippen molar-refractivity contribution >= 4 is 11.9 Å². The zero-order valence-electron chi connectivity index (χ0n) is 15.3. The van der Waals surface area contributed by atoms with Crippen molar-refractivity contribution in [1.29, 1.82) is 0 Å². The number of benzene rings is 1. The summed E-state index contributed by atoms with van der Waals surface area (Å²) in [5, 5.41) is 8.92. The van der Waals surface area contributed by atoms with Crippen LogP contribution in [-0.4, -0.2) is 47.1 Å². The summed E-state index contributed by atoms with van der Waals surface area (Å²) in [5.74, 6) is -0.129. The van der Waals surface area contributed by atoms with E-state index in [1.165, 1.54) is 6.20 Å². The number of rotatable bonds is 8. The van der Waals surface area contributed by atoms with Crippen LogP contribution in [0.25, 0.3) is 11.1 Å². The number of aliphatic carboxylic acids is 1. The number of carbonyl (C=O) groups is 2. The van der Waals surface area contributed by atoms with Gasteiger partial charge in [-0.2, -0.15) is 0 Å². The Morgan fingerprint density at radius 2 is 1.85 bits per heavy atom. The average molecular weight is 356 g/mol. The number of carboxylic acid groups (broad SMARTS) is 1. The lowest BCUT2D eigenvalue weighted by Gasteiger charge is -2.24. The quantitative estimate of drug-likeness (QED) is 0.785. The third-order valence-electron chi connectivity index (χ3n) is 3.88. The van der Waals surface area contributed by atoms with E-state index >= 15 is 0 Å². The molecule has 0 unspecified atom stereocenters. The summed E-state index contributed by atoms with van der Waals surface area (Å²) in [6.07, 6.45) is 3.14. The normalized spacial score (nSPS) is 10.6. The highest BCUT2D eigenvalue weighted by atomic mass is 16.5. The fourth-order valence-corrected chi connectivity index (χ4v) is 2.63. The Labute approximate surface area is 153 Å². The van der Waals surface area contributed by atoms with Gasteiger partial charge in [0.1, 0.15) is 5.75 Å². The van der Waals surface area contributed by atoms with Crippen molar-refractivity contribution in [3.05, 3.63) is 48.3 Å². The SMILES string of the molecule is COc1ccc(-c2cncc(C(=O)N(CCC(=O)O)CC(C)C)c2)cc1. The molecule has 6 heteroatoms. The van der Waals surface area contributed by atoms with Crippen molar-refractivity contribution < 1.29 is 19.4 Å². The maximum Gasteiger partial charge on any atom is 0.305 e. The number of hydrogen-bond donors (Lipinski definition) is 1. The molecule has 0 aliphatic carbocycles. The molecule has 1 aromatic carbocycles. The molecule has 1 heterocycles. The van der Waals surface area contributed by atoms with Crippen LogP contribution in [0.2, 0.25) is 0 Å². The maximum absolute atomic E-state index is 12.8. The van der Waals surface area contributed by atoms with Gasteiger partial charge in [0.05, 0.1) is 19.1 Å². The second kappa shape index (κ2) is 8.99. The Bertz CT molecular complexity index is 757. The molecule has 26 heavy (non-hydrogen) atoms. The lowest BCUT2D eigenvalue weighted by molar-refractivity contribution is -0.137. The van der Waals surface area contributed by atoms with Gasteiger partial charge in [-0.1, -0.05) is 26.0 Å². The summed E-state index contributed by atoms with van der Waals surface area (Å²) < 4.78 is 5.16. The van der Waals surface area contributed by atoms with Gasteiger partial charge in [0.25, 0.3) is 5.91 Å². The van der Waals surface area contributed by atoms with Crippen LogP contribution in [0.5, 0.6) is 5.75 Å². The van der Waals surface area contributed by atoms with E-state index in [0.717, 1.165) is 16.9 Å². The fraction of sp³-hybridized carbons (Fsp3) is 0.350. The monoisotopic (exact) mass is 356 g/mol. The minimum atomic E-state index is -0.920. The Kier molecular flexibility index (Phi) is 6.72. The number of carboxylic acids is 1. The van der Waals surface area contributed by atoms with Crippen LogP contribution in [0.15, 0.2) is 42.7 Å². The van der Waals surface area contributed by atoms with Crippen molar-refractivity contribution in [2.24, 2.45) is 5.92 Å². The van der Waals surface area contributed by atoms with Crippen LogP contribution >= 0.6 is 0 Å². The first-order chi connectivity index (χ1) is 12.4. The van der Waals surface area contributed by atoms with E-state index in [4.69, 9.17) is 9.84 Å². The fourth-order valence-electron chi connectivity index (χ4n) is 2.63. The van der Waals surface area contributed by atoms with E-state index < -0.39 is 5.97 Å². The summed E-state index contributed by atoms with van der Waals surface area (Å²) >= 11 is 0. The third-order valence-corrected chi connectivity index (χ3v) is 3.88. The zero-order chi connectivity index (χ0) is 19.1. The first-order valence-corrected chi connectivity index (χ1v) is 8.51. The van der Waals surface area contributed by atoms with Crippen LogP contribution < -0.4 is 4.74 Å². The predicted octanol–water partition coefficient (Wildman–Crippen LogP) is 3.33. The van der Waals surface area contributed by atoms with Gasteiger partial charge in [0, 0.05) is 31.0 Å². The number of carbonyl (C=O) groups excluding carboxylic acids is 1. The molecule has 1 aromatic heterocycles. The van der Waals surface area contributed by atoms with Crippen molar-refractivity contribution in [2.45, 2.75) is 20.3 Å². The van der Waals surface area contributed by atoms with E-state index in [9.17, 15) is 9.59 Å². The Balaban J connectivity index is 2.24.